The van der Waals surface area contributed by atoms with Crippen LogP contribution in [0.15, 0.2) is 34.5 Å². The second-order valence-corrected chi connectivity index (χ2v) is 11.5. The standard InChI is InChI=1S/C24H28N2O3S2/c1-15-25-19(13-30-15)14-31-21-5-3-2-4-20(21)23(28)29-12-22(27)26-24-9-16-6-17(10-24)8-18(7-16)11-24/h2-5,13,16-18H,6-12,14H2,1H3,(H,26,27). The third kappa shape index (κ3) is 4.67. The number of aromatic nitrogens is 1. The molecule has 6 rings (SSSR count). The van der Waals surface area contributed by atoms with Crippen molar-refractivity contribution in [2.45, 2.75) is 61.6 Å². The molecule has 1 aromatic carbocycles. The van der Waals surface area contributed by atoms with Crippen LogP contribution in [0.4, 0.5) is 0 Å². The predicted octanol–water partition coefficient (Wildman–Crippen LogP) is 4.99. The van der Waals surface area contributed by atoms with Gasteiger partial charge in [0.25, 0.3) is 5.91 Å². The van der Waals surface area contributed by atoms with Gasteiger partial charge in [0.1, 0.15) is 0 Å². The minimum Gasteiger partial charge on any atom is -0.452 e. The van der Waals surface area contributed by atoms with Crippen molar-refractivity contribution >= 4 is 35.0 Å². The van der Waals surface area contributed by atoms with Crippen molar-refractivity contribution in [1.82, 2.24) is 10.3 Å². The highest BCUT2D eigenvalue weighted by atomic mass is 32.2. The summed E-state index contributed by atoms with van der Waals surface area (Å²) < 4.78 is 5.42. The van der Waals surface area contributed by atoms with Crippen LogP contribution in [0.1, 0.15) is 59.6 Å². The molecule has 4 fully saturated rings. The monoisotopic (exact) mass is 456 g/mol. The fourth-order valence-corrected chi connectivity index (χ4v) is 7.84. The van der Waals surface area contributed by atoms with Gasteiger partial charge in [-0.05, 0) is 75.3 Å². The molecule has 4 aliphatic rings. The number of thiazole rings is 1. The average Bonchev–Trinajstić information content (AvgIpc) is 3.14. The molecule has 1 aromatic heterocycles. The van der Waals surface area contributed by atoms with E-state index < -0.39 is 5.97 Å². The van der Waals surface area contributed by atoms with Crippen LogP contribution >= 0.6 is 23.1 Å². The summed E-state index contributed by atoms with van der Waals surface area (Å²) in [4.78, 5) is 30.7. The summed E-state index contributed by atoms with van der Waals surface area (Å²) in [6, 6.07) is 7.40. The fourth-order valence-electron chi connectivity index (χ4n) is 6.19. The Morgan fingerprint density at radius 2 is 1.84 bits per heavy atom. The van der Waals surface area contributed by atoms with Gasteiger partial charge in [-0.2, -0.15) is 0 Å². The highest BCUT2D eigenvalue weighted by molar-refractivity contribution is 7.98. The van der Waals surface area contributed by atoms with Crippen molar-refractivity contribution in [3.05, 3.63) is 45.9 Å². The number of hydrogen-bond acceptors (Lipinski definition) is 6. The lowest BCUT2D eigenvalue weighted by Crippen LogP contribution is -2.60. The lowest BCUT2D eigenvalue weighted by molar-refractivity contribution is -0.130. The largest absolute Gasteiger partial charge is 0.452 e. The van der Waals surface area contributed by atoms with Gasteiger partial charge in [0.15, 0.2) is 6.61 Å². The number of carbonyl (C=O) groups is 2. The van der Waals surface area contributed by atoms with Crippen molar-refractivity contribution in [3.8, 4) is 0 Å². The number of rotatable bonds is 7. The Morgan fingerprint density at radius 1 is 1.16 bits per heavy atom. The third-order valence-electron chi connectivity index (χ3n) is 6.93. The Morgan fingerprint density at radius 3 is 2.48 bits per heavy atom. The van der Waals surface area contributed by atoms with Crippen LogP contribution in [0.25, 0.3) is 0 Å². The van der Waals surface area contributed by atoms with Gasteiger partial charge in [0, 0.05) is 21.6 Å². The van der Waals surface area contributed by atoms with E-state index in [0.717, 1.165) is 52.6 Å². The number of carbonyl (C=O) groups excluding carboxylic acids is 2. The zero-order chi connectivity index (χ0) is 21.4. The molecule has 0 radical (unpaired) electrons. The number of nitrogens with zero attached hydrogens (tertiary/aromatic N) is 1. The van der Waals surface area contributed by atoms with Crippen molar-refractivity contribution in [2.24, 2.45) is 17.8 Å². The lowest BCUT2D eigenvalue weighted by atomic mass is 9.53. The van der Waals surface area contributed by atoms with Gasteiger partial charge < -0.3 is 10.1 Å². The SMILES string of the molecule is Cc1nc(CSc2ccccc2C(=O)OCC(=O)NC23CC4CC(CC(C4)C2)C3)cs1. The van der Waals surface area contributed by atoms with Crippen LogP contribution in [0.2, 0.25) is 0 Å². The molecule has 4 aliphatic carbocycles. The molecule has 1 N–H and O–H groups in total. The minimum absolute atomic E-state index is 0.0579. The first kappa shape index (κ1) is 21.0. The number of amides is 1. The van der Waals surface area contributed by atoms with Crippen molar-refractivity contribution in [1.29, 1.82) is 0 Å². The van der Waals surface area contributed by atoms with Gasteiger partial charge in [-0.1, -0.05) is 12.1 Å². The third-order valence-corrected chi connectivity index (χ3v) is 8.86. The van der Waals surface area contributed by atoms with E-state index in [4.69, 9.17) is 4.74 Å². The van der Waals surface area contributed by atoms with E-state index in [2.05, 4.69) is 10.3 Å². The lowest BCUT2D eigenvalue weighted by Gasteiger charge is -2.56. The minimum atomic E-state index is -0.446. The molecular weight excluding hydrogens is 428 g/mol. The molecule has 4 saturated carbocycles. The van der Waals surface area contributed by atoms with Crippen LogP contribution in [-0.4, -0.2) is 29.0 Å². The Labute approximate surface area is 191 Å². The molecule has 2 aromatic rings. The Bertz CT molecular complexity index is 951. The zero-order valence-electron chi connectivity index (χ0n) is 17.8. The summed E-state index contributed by atoms with van der Waals surface area (Å²) in [5.41, 5.74) is 1.45. The molecule has 0 unspecified atom stereocenters. The maximum Gasteiger partial charge on any atom is 0.339 e. The van der Waals surface area contributed by atoms with E-state index in [9.17, 15) is 9.59 Å². The van der Waals surface area contributed by atoms with Crippen molar-refractivity contribution < 1.29 is 14.3 Å². The highest BCUT2D eigenvalue weighted by Crippen LogP contribution is 2.55. The topological polar surface area (TPSA) is 68.3 Å². The van der Waals surface area contributed by atoms with E-state index >= 15 is 0 Å². The van der Waals surface area contributed by atoms with Gasteiger partial charge in [-0.25, -0.2) is 9.78 Å². The number of benzene rings is 1. The first-order valence-corrected chi connectivity index (χ1v) is 13.0. The smallest absolute Gasteiger partial charge is 0.339 e. The summed E-state index contributed by atoms with van der Waals surface area (Å²) in [6.07, 6.45) is 7.27. The number of hydrogen-bond donors (Lipinski definition) is 1. The van der Waals surface area contributed by atoms with Crippen molar-refractivity contribution in [3.63, 3.8) is 0 Å². The second kappa shape index (κ2) is 8.58. The fraction of sp³-hybridized carbons (Fsp3) is 0.542. The molecule has 0 spiro atoms. The van der Waals surface area contributed by atoms with E-state index in [0.29, 0.717) is 11.3 Å². The first-order chi connectivity index (χ1) is 15.0. The van der Waals surface area contributed by atoms with Gasteiger partial charge in [-0.15, -0.1) is 23.1 Å². The van der Waals surface area contributed by atoms with Crippen LogP contribution in [0.5, 0.6) is 0 Å². The molecule has 0 aliphatic heterocycles. The van der Waals surface area contributed by atoms with E-state index in [-0.39, 0.29) is 18.1 Å². The maximum atomic E-state index is 12.7. The molecule has 164 valence electrons. The molecule has 7 heteroatoms. The molecule has 0 atom stereocenters. The summed E-state index contributed by atoms with van der Waals surface area (Å²) in [5.74, 6) is 2.37. The molecule has 4 bridgehead atoms. The van der Waals surface area contributed by atoms with Crippen molar-refractivity contribution in [2.75, 3.05) is 6.61 Å². The van der Waals surface area contributed by atoms with Gasteiger partial charge in [0.2, 0.25) is 0 Å². The number of aryl methyl sites for hydroxylation is 1. The molecule has 0 saturated heterocycles. The summed E-state index contributed by atoms with van der Waals surface area (Å²) in [6.45, 7) is 1.77. The average molecular weight is 457 g/mol. The van der Waals surface area contributed by atoms with Crippen LogP contribution in [0, 0.1) is 24.7 Å². The second-order valence-electron chi connectivity index (χ2n) is 9.46. The Hall–Kier alpha value is -1.86. The van der Waals surface area contributed by atoms with Crippen LogP contribution in [-0.2, 0) is 15.3 Å². The number of nitrogens with one attached hydrogen (secondary N) is 1. The molecular formula is C24H28N2O3S2. The van der Waals surface area contributed by atoms with E-state index in [1.165, 1.54) is 19.3 Å². The normalized spacial score (nSPS) is 28.5. The molecule has 5 nitrogen and oxygen atoms in total. The molecule has 1 amide bonds. The number of thioether (sulfide) groups is 1. The molecule has 1 heterocycles. The summed E-state index contributed by atoms with van der Waals surface area (Å²) in [7, 11) is 0. The highest BCUT2D eigenvalue weighted by Gasteiger charge is 2.51. The summed E-state index contributed by atoms with van der Waals surface area (Å²) >= 11 is 3.19. The predicted molar refractivity (Wildman–Crippen MR) is 122 cm³/mol. The van der Waals surface area contributed by atoms with Gasteiger partial charge >= 0.3 is 5.97 Å². The van der Waals surface area contributed by atoms with Crippen LogP contribution in [0.3, 0.4) is 0 Å². The Balaban J connectivity index is 1.17. The molecule has 31 heavy (non-hydrogen) atoms. The summed E-state index contributed by atoms with van der Waals surface area (Å²) in [5, 5.41) is 6.34. The zero-order valence-corrected chi connectivity index (χ0v) is 19.4. The number of ether oxygens (including phenoxy) is 1. The number of esters is 1. The van der Waals surface area contributed by atoms with Gasteiger partial charge in [0.05, 0.1) is 16.3 Å². The Kier molecular flexibility index (Phi) is 5.82. The van der Waals surface area contributed by atoms with Gasteiger partial charge in [-0.3, -0.25) is 4.79 Å². The maximum absolute atomic E-state index is 12.7. The van der Waals surface area contributed by atoms with Crippen LogP contribution < -0.4 is 5.32 Å². The quantitative estimate of drug-likeness (QED) is 0.470. The van der Waals surface area contributed by atoms with E-state index in [1.807, 2.05) is 30.5 Å². The van der Waals surface area contributed by atoms with E-state index in [1.54, 1.807) is 29.2 Å². The first-order valence-electron chi connectivity index (χ1n) is 11.1.